The van der Waals surface area contributed by atoms with Gasteiger partial charge in [-0.1, -0.05) is 40.0 Å². The molecule has 187 valence electrons. The summed E-state index contributed by atoms with van der Waals surface area (Å²) in [7, 11) is 17.0. The molecule has 0 radical (unpaired) electrons. The summed E-state index contributed by atoms with van der Waals surface area (Å²) in [4.78, 5) is 10.9. The van der Waals surface area contributed by atoms with E-state index < -0.39 is 10.8 Å². The summed E-state index contributed by atoms with van der Waals surface area (Å²) in [5.41, 5.74) is 0. The van der Waals surface area contributed by atoms with Crippen LogP contribution < -0.4 is 4.57 Å². The van der Waals surface area contributed by atoms with Gasteiger partial charge in [0.25, 0.3) is 0 Å². The molecule has 0 fully saturated rings. The molecule has 0 aliphatic rings. The third-order valence-corrected chi connectivity index (χ3v) is 4.03. The molecule has 3 rings (SSSR count). The zero-order valence-corrected chi connectivity index (χ0v) is 23.9. The number of aromatic amines is 1. The summed E-state index contributed by atoms with van der Waals surface area (Å²) in [6.07, 6.45) is 24.8. The monoisotopic (exact) mass is 615 g/mol. The first kappa shape index (κ1) is 31.4. The summed E-state index contributed by atoms with van der Waals surface area (Å²) in [6.45, 7) is 9.94. The third-order valence-electron chi connectivity index (χ3n) is 4.03. The van der Waals surface area contributed by atoms with Crippen LogP contribution in [0.15, 0.2) is 56.2 Å². The molecule has 0 bridgehead atoms. The molecule has 0 spiro atoms. The molecule has 0 aliphatic carbocycles. The van der Waals surface area contributed by atoms with E-state index in [1.54, 1.807) is 0 Å². The number of imidazole rings is 3. The van der Waals surface area contributed by atoms with Crippen molar-refractivity contribution in [1.29, 1.82) is 0 Å². The molecular weight excluding hydrogens is 579 g/mol. The van der Waals surface area contributed by atoms with Crippen LogP contribution in [0.5, 0.6) is 0 Å². The average Bonchev–Trinajstić information content (AvgIpc) is 3.52. The molecule has 0 aliphatic heterocycles. The van der Waals surface area contributed by atoms with Crippen molar-refractivity contribution in [2.24, 2.45) is 0 Å². The van der Waals surface area contributed by atoms with Gasteiger partial charge in [-0.05, 0) is 19.3 Å². The fourth-order valence-corrected chi connectivity index (χ4v) is 2.32. The maximum absolute atomic E-state index is 5.00. The van der Waals surface area contributed by atoms with Crippen molar-refractivity contribution in [1.82, 2.24) is 24.1 Å². The van der Waals surface area contributed by atoms with E-state index in [0.29, 0.717) is 0 Å². The first-order valence-electron chi connectivity index (χ1n) is 10.8. The van der Waals surface area contributed by atoms with E-state index in [1.165, 1.54) is 38.5 Å². The second kappa shape index (κ2) is 21.0. The molecule has 0 saturated carbocycles. The first-order chi connectivity index (χ1) is 15.3. The predicted molar refractivity (Wildman–Crippen MR) is 134 cm³/mol. The molecule has 0 saturated heterocycles. The van der Waals surface area contributed by atoms with E-state index in [2.05, 4.69) is 55.6 Å². The van der Waals surface area contributed by atoms with Crippen molar-refractivity contribution in [3.63, 3.8) is 0 Å². The van der Waals surface area contributed by atoms with Gasteiger partial charge in [0.1, 0.15) is 12.4 Å². The fraction of sp³-hybridized carbons (Fsp3) is 0.571. The third kappa shape index (κ3) is 22.6. The Kier molecular flexibility index (Phi) is 20.6. The summed E-state index contributed by atoms with van der Waals surface area (Å²) < 4.78 is 6.36. The summed E-state index contributed by atoms with van der Waals surface area (Å²) in [6, 6.07) is 0. The van der Waals surface area contributed by atoms with Crippen LogP contribution in [-0.2, 0) is 30.4 Å². The van der Waals surface area contributed by atoms with E-state index in [0.717, 1.165) is 19.6 Å². The molecule has 6 nitrogen and oxygen atoms in total. The van der Waals surface area contributed by atoms with Crippen LogP contribution in [0.3, 0.4) is 0 Å². The van der Waals surface area contributed by atoms with Crippen molar-refractivity contribution in [2.75, 3.05) is 0 Å². The standard InChI is InChI=1S/3C7H12N2.4ClH.Ru/c3*1-2-3-5-9-6-4-8-7-9;;;;;/h3*4,6-7H,2-3,5H2,1H3;4*1H;/q;;;;;;;+3/p-3. The zero-order chi connectivity index (χ0) is 24.1. The van der Waals surface area contributed by atoms with E-state index in [9.17, 15) is 0 Å². The minimum atomic E-state index is -2.97. The van der Waals surface area contributed by atoms with E-state index in [-0.39, 0.29) is 0 Å². The van der Waals surface area contributed by atoms with Gasteiger partial charge in [0, 0.05) is 37.9 Å². The number of hydrogen-bond donors (Lipinski definition) is 1. The van der Waals surface area contributed by atoms with Crippen LogP contribution in [0.25, 0.3) is 0 Å². The predicted octanol–water partition coefficient (Wildman–Crippen LogP) is 7.22. The Balaban J connectivity index is 0.000000410. The molecule has 1 N–H and O–H groups in total. The number of unbranched alkanes of at least 4 members (excludes halogenated alkanes) is 3. The first-order valence-corrected chi connectivity index (χ1v) is 19.7. The molecule has 0 unspecified atom stereocenters. The number of rotatable bonds is 9. The Morgan fingerprint density at radius 1 is 0.812 bits per heavy atom. The summed E-state index contributed by atoms with van der Waals surface area (Å²) in [5, 5.41) is 0. The van der Waals surface area contributed by atoms with Crippen molar-refractivity contribution in [3.8, 4) is 0 Å². The Labute approximate surface area is 212 Å². The Morgan fingerprint density at radius 2 is 1.28 bits per heavy atom. The molecule has 3 aromatic heterocycles. The van der Waals surface area contributed by atoms with Crippen LogP contribution in [-0.4, -0.2) is 24.1 Å². The van der Waals surface area contributed by atoms with Crippen molar-refractivity contribution in [3.05, 3.63) is 56.2 Å². The van der Waals surface area contributed by atoms with Gasteiger partial charge >= 0.3 is 49.6 Å². The molecule has 32 heavy (non-hydrogen) atoms. The van der Waals surface area contributed by atoms with E-state index in [4.69, 9.17) is 38.8 Å². The quantitative estimate of drug-likeness (QED) is 0.204. The fourth-order valence-electron chi connectivity index (χ4n) is 2.32. The van der Waals surface area contributed by atoms with Crippen LogP contribution in [0.1, 0.15) is 59.3 Å². The summed E-state index contributed by atoms with van der Waals surface area (Å²) in [5.74, 6) is 0. The number of aryl methyl sites for hydroxylation is 3. The second-order valence-electron chi connectivity index (χ2n) is 6.81. The van der Waals surface area contributed by atoms with Crippen molar-refractivity contribution < 1.29 is 15.4 Å². The number of halogens is 4. The molecule has 0 aromatic carbocycles. The SMILES string of the molecule is CCCC[n+]1cc[nH]c1.CCCCn1ccnc1.CCCCn1ccnc1.[Cl][Ru-]([Cl])([Cl])[Cl]. The number of nitrogens with zero attached hydrogens (tertiary/aromatic N) is 5. The van der Waals surface area contributed by atoms with Crippen LogP contribution >= 0.6 is 38.8 Å². The normalized spacial score (nSPS) is 10.7. The van der Waals surface area contributed by atoms with Crippen molar-refractivity contribution in [2.45, 2.75) is 78.9 Å². The second-order valence-corrected chi connectivity index (χ2v) is 22.6. The van der Waals surface area contributed by atoms with Gasteiger partial charge in [0.15, 0.2) is 0 Å². The van der Waals surface area contributed by atoms with Gasteiger partial charge < -0.3 is 9.13 Å². The van der Waals surface area contributed by atoms with Gasteiger partial charge in [-0.25, -0.2) is 14.5 Å². The minimum absolute atomic E-state index is 1.11. The average molecular weight is 616 g/mol. The van der Waals surface area contributed by atoms with Crippen LogP contribution in [0, 0.1) is 0 Å². The molecule has 0 atom stereocenters. The number of nitrogens with one attached hydrogen (secondary N) is 1. The summed E-state index contributed by atoms with van der Waals surface area (Å²) >= 11 is 0. The molecule has 3 aromatic rings. The molecular formula is C21H37Cl4N6Ru. The van der Waals surface area contributed by atoms with Crippen molar-refractivity contribution >= 4 is 38.8 Å². The van der Waals surface area contributed by atoms with Gasteiger partial charge in [0.05, 0.1) is 19.2 Å². The van der Waals surface area contributed by atoms with Gasteiger partial charge in [-0.2, -0.15) is 0 Å². The molecule has 11 heteroatoms. The Bertz CT molecular complexity index is 619. The topological polar surface area (TPSA) is 55.3 Å². The van der Waals surface area contributed by atoms with Gasteiger partial charge in [-0.15, -0.1) is 0 Å². The van der Waals surface area contributed by atoms with Crippen LogP contribution in [0.2, 0.25) is 0 Å². The zero-order valence-electron chi connectivity index (χ0n) is 19.2. The van der Waals surface area contributed by atoms with Crippen LogP contribution in [0.4, 0.5) is 0 Å². The Hall–Kier alpha value is -0.587. The molecule has 3 heterocycles. The molecule has 0 amide bonds. The number of H-pyrrole nitrogens is 1. The number of hydrogen-bond acceptors (Lipinski definition) is 2. The Morgan fingerprint density at radius 3 is 1.59 bits per heavy atom. The number of aromatic nitrogens is 6. The van der Waals surface area contributed by atoms with Gasteiger partial charge in [-0.3, -0.25) is 4.98 Å². The maximum atomic E-state index is 5.00. The van der Waals surface area contributed by atoms with Gasteiger partial charge in [0.2, 0.25) is 6.33 Å². The van der Waals surface area contributed by atoms with E-state index in [1.807, 2.05) is 50.0 Å². The van der Waals surface area contributed by atoms with E-state index >= 15 is 0 Å².